The van der Waals surface area contributed by atoms with Crippen LogP contribution >= 0.6 is 27.5 Å². The van der Waals surface area contributed by atoms with Crippen LogP contribution in [0.15, 0.2) is 47.1 Å². The average molecular weight is 514 g/mol. The highest BCUT2D eigenvalue weighted by atomic mass is 79.9. The summed E-state index contributed by atoms with van der Waals surface area (Å²) in [4.78, 5) is 11.2. The van der Waals surface area contributed by atoms with E-state index in [1.807, 2.05) is 25.1 Å². The first-order valence-corrected chi connectivity index (χ1v) is 11.4. The highest BCUT2D eigenvalue weighted by molar-refractivity contribution is 9.10. The molecular formula is C23H22BrClN6O. The van der Waals surface area contributed by atoms with Gasteiger partial charge in [0.2, 0.25) is 11.8 Å². The van der Waals surface area contributed by atoms with Crippen molar-refractivity contribution in [2.45, 2.75) is 25.8 Å². The number of anilines is 3. The molecule has 1 aliphatic rings. The molecule has 0 radical (unpaired) electrons. The van der Waals surface area contributed by atoms with Crippen molar-refractivity contribution in [3.8, 4) is 17.7 Å². The third kappa shape index (κ3) is 5.06. The SMILES string of the molecule is Cc1cc(C#N)cc(Cl)c1Oc1nc(NC2CCN(c3cccc(N)c3)CC2)ncc1Br. The monoisotopic (exact) mass is 512 g/mol. The van der Waals surface area contributed by atoms with E-state index in [1.54, 1.807) is 18.3 Å². The topological polar surface area (TPSA) is 100 Å². The standard InChI is InChI=1S/C23H22BrClN6O/c1-14-9-15(12-26)10-20(25)21(14)32-22-19(24)13-28-23(30-22)29-17-5-7-31(8-6-17)18-4-2-3-16(27)11-18/h2-4,9-11,13,17H,5-8,27H2,1H3,(H,28,29,30). The second kappa shape index (κ2) is 9.63. The molecule has 3 N–H and O–H groups in total. The predicted molar refractivity (Wildman–Crippen MR) is 130 cm³/mol. The van der Waals surface area contributed by atoms with Crippen molar-refractivity contribution in [1.29, 1.82) is 5.26 Å². The lowest BCUT2D eigenvalue weighted by molar-refractivity contribution is 0.454. The summed E-state index contributed by atoms with van der Waals surface area (Å²) in [6.45, 7) is 3.67. The average Bonchev–Trinajstić information content (AvgIpc) is 2.78. The quantitative estimate of drug-likeness (QED) is 0.433. The van der Waals surface area contributed by atoms with E-state index in [9.17, 15) is 0 Å². The fraction of sp³-hybridized carbons (Fsp3) is 0.261. The number of nitrogens with one attached hydrogen (secondary N) is 1. The molecule has 0 aliphatic carbocycles. The van der Waals surface area contributed by atoms with Crippen LogP contribution in [0.4, 0.5) is 17.3 Å². The summed E-state index contributed by atoms with van der Waals surface area (Å²) in [5.41, 5.74) is 9.07. The first-order chi connectivity index (χ1) is 15.4. The minimum absolute atomic E-state index is 0.251. The Labute approximate surface area is 200 Å². The van der Waals surface area contributed by atoms with E-state index < -0.39 is 0 Å². The van der Waals surface area contributed by atoms with Gasteiger partial charge in [-0.25, -0.2) is 4.98 Å². The van der Waals surface area contributed by atoms with E-state index in [1.165, 1.54) is 0 Å². The van der Waals surface area contributed by atoms with Gasteiger partial charge in [-0.15, -0.1) is 0 Å². The van der Waals surface area contributed by atoms with Gasteiger partial charge in [0.25, 0.3) is 0 Å². The Morgan fingerprint density at radius 1 is 1.28 bits per heavy atom. The molecule has 3 aromatic rings. The molecule has 164 valence electrons. The number of hydrogen-bond donors (Lipinski definition) is 2. The molecule has 0 amide bonds. The van der Waals surface area contributed by atoms with Crippen molar-refractivity contribution < 1.29 is 4.74 Å². The fourth-order valence-electron chi connectivity index (χ4n) is 3.70. The molecule has 7 nitrogen and oxygen atoms in total. The zero-order chi connectivity index (χ0) is 22.7. The predicted octanol–water partition coefficient (Wildman–Crippen LogP) is 5.53. The first kappa shape index (κ1) is 22.2. The number of nitriles is 1. The van der Waals surface area contributed by atoms with Crippen LogP contribution in [0.1, 0.15) is 24.0 Å². The molecule has 0 spiro atoms. The number of nitrogen functional groups attached to an aromatic ring is 1. The Bertz CT molecular complexity index is 1150. The summed E-state index contributed by atoms with van der Waals surface area (Å²) in [6.07, 6.45) is 3.55. The van der Waals surface area contributed by atoms with Gasteiger partial charge in [0, 0.05) is 30.5 Å². The number of aromatic nitrogens is 2. The summed E-state index contributed by atoms with van der Waals surface area (Å²) >= 11 is 9.76. The number of benzene rings is 2. The van der Waals surface area contributed by atoms with Gasteiger partial charge in [-0.05, 0) is 71.6 Å². The molecule has 0 unspecified atom stereocenters. The van der Waals surface area contributed by atoms with E-state index >= 15 is 0 Å². The zero-order valence-corrected chi connectivity index (χ0v) is 19.8. The molecule has 0 bridgehead atoms. The van der Waals surface area contributed by atoms with E-state index in [0.717, 1.165) is 42.9 Å². The Balaban J connectivity index is 1.43. The van der Waals surface area contributed by atoms with Crippen LogP contribution in [0.5, 0.6) is 11.6 Å². The van der Waals surface area contributed by atoms with Gasteiger partial charge in [-0.2, -0.15) is 10.2 Å². The minimum Gasteiger partial charge on any atom is -0.436 e. The normalized spacial score (nSPS) is 14.1. The van der Waals surface area contributed by atoms with Crippen LogP contribution in [-0.4, -0.2) is 29.1 Å². The molecular weight excluding hydrogens is 492 g/mol. The van der Waals surface area contributed by atoms with Crippen molar-refractivity contribution in [3.05, 3.63) is 63.2 Å². The maximum Gasteiger partial charge on any atom is 0.238 e. The summed E-state index contributed by atoms with van der Waals surface area (Å²) in [7, 11) is 0. The number of rotatable bonds is 5. The number of hydrogen-bond acceptors (Lipinski definition) is 7. The molecule has 4 rings (SSSR count). The Morgan fingerprint density at radius 2 is 2.06 bits per heavy atom. The van der Waals surface area contributed by atoms with Gasteiger partial charge >= 0.3 is 0 Å². The molecule has 1 fully saturated rings. The maximum atomic E-state index is 9.10. The Kier molecular flexibility index (Phi) is 6.68. The number of piperidine rings is 1. The third-order valence-electron chi connectivity index (χ3n) is 5.33. The molecule has 2 heterocycles. The van der Waals surface area contributed by atoms with E-state index in [-0.39, 0.29) is 6.04 Å². The number of halogens is 2. The summed E-state index contributed by atoms with van der Waals surface area (Å²) in [5, 5.41) is 12.9. The number of ether oxygens (including phenoxy) is 1. The third-order valence-corrected chi connectivity index (χ3v) is 6.16. The molecule has 2 aromatic carbocycles. The molecule has 0 atom stereocenters. The summed E-state index contributed by atoms with van der Waals surface area (Å²) < 4.78 is 6.60. The minimum atomic E-state index is 0.251. The van der Waals surface area contributed by atoms with Crippen LogP contribution in [0.25, 0.3) is 0 Å². The second-order valence-electron chi connectivity index (χ2n) is 7.67. The lowest BCUT2D eigenvalue weighted by Crippen LogP contribution is -2.39. The first-order valence-electron chi connectivity index (χ1n) is 10.2. The van der Waals surface area contributed by atoms with Gasteiger partial charge < -0.3 is 20.7 Å². The van der Waals surface area contributed by atoms with Gasteiger partial charge in [0.1, 0.15) is 0 Å². The number of nitrogens with two attached hydrogens (primary N) is 1. The molecule has 1 aliphatic heterocycles. The lowest BCUT2D eigenvalue weighted by Gasteiger charge is -2.34. The fourth-order valence-corrected chi connectivity index (χ4v) is 4.28. The van der Waals surface area contributed by atoms with Crippen molar-refractivity contribution in [3.63, 3.8) is 0 Å². The number of aryl methyl sites for hydroxylation is 1. The second-order valence-corrected chi connectivity index (χ2v) is 8.93. The smallest absolute Gasteiger partial charge is 0.238 e. The maximum absolute atomic E-state index is 9.10. The van der Waals surface area contributed by atoms with Gasteiger partial charge in [0.15, 0.2) is 5.75 Å². The molecule has 9 heteroatoms. The van der Waals surface area contributed by atoms with Crippen LogP contribution in [0, 0.1) is 18.3 Å². The highest BCUT2D eigenvalue weighted by Crippen LogP contribution is 2.36. The van der Waals surface area contributed by atoms with Gasteiger partial charge in [0.05, 0.1) is 27.3 Å². The Hall–Kier alpha value is -3.02. The van der Waals surface area contributed by atoms with Crippen LogP contribution in [0.3, 0.4) is 0 Å². The van der Waals surface area contributed by atoms with Gasteiger partial charge in [-0.1, -0.05) is 17.7 Å². The van der Waals surface area contributed by atoms with Gasteiger partial charge in [-0.3, -0.25) is 0 Å². The van der Waals surface area contributed by atoms with E-state index in [4.69, 9.17) is 27.3 Å². The molecule has 1 saturated heterocycles. The summed E-state index contributed by atoms with van der Waals surface area (Å²) in [6, 6.07) is 13.6. The van der Waals surface area contributed by atoms with Crippen molar-refractivity contribution in [2.75, 3.05) is 29.0 Å². The van der Waals surface area contributed by atoms with E-state index in [0.29, 0.717) is 32.6 Å². The molecule has 32 heavy (non-hydrogen) atoms. The van der Waals surface area contributed by atoms with Crippen molar-refractivity contribution in [2.24, 2.45) is 0 Å². The van der Waals surface area contributed by atoms with Crippen molar-refractivity contribution in [1.82, 2.24) is 9.97 Å². The zero-order valence-electron chi connectivity index (χ0n) is 17.5. The molecule has 1 aromatic heterocycles. The largest absolute Gasteiger partial charge is 0.436 e. The van der Waals surface area contributed by atoms with Crippen molar-refractivity contribution >= 4 is 44.9 Å². The highest BCUT2D eigenvalue weighted by Gasteiger charge is 2.21. The van der Waals surface area contributed by atoms with Crippen LogP contribution in [-0.2, 0) is 0 Å². The summed E-state index contributed by atoms with van der Waals surface area (Å²) in [5.74, 6) is 1.31. The van der Waals surface area contributed by atoms with Crippen LogP contribution in [0.2, 0.25) is 5.02 Å². The number of nitrogens with zero attached hydrogens (tertiary/aromatic N) is 4. The van der Waals surface area contributed by atoms with E-state index in [2.05, 4.69) is 48.3 Å². The molecule has 0 saturated carbocycles. The van der Waals surface area contributed by atoms with Crippen LogP contribution < -0.4 is 20.7 Å². The Morgan fingerprint density at radius 3 is 2.75 bits per heavy atom. The lowest BCUT2D eigenvalue weighted by atomic mass is 10.0.